The first-order valence-corrected chi connectivity index (χ1v) is 11.3. The highest BCUT2D eigenvalue weighted by atomic mass is 35.5. The van der Waals surface area contributed by atoms with Crippen molar-refractivity contribution in [2.45, 2.75) is 18.9 Å². The number of anilines is 2. The summed E-state index contributed by atoms with van der Waals surface area (Å²) in [5.74, 6) is -1.40. The standard InChI is InChI=1S/C25H20ClFN6O2/c26-18-9-6-14(20-11-10-19(27)23(28)30-20)12-17(18)24(34)31-22-13-21(25(35)29-15-7-8-15)32-33(22)16-4-2-1-3-5-16/h1-6,9-13,15H,7-8H2,(H2,28,30)(H,29,35)(H,31,34). The zero-order valence-corrected chi connectivity index (χ0v) is 19.1. The Bertz CT molecular complexity index is 1440. The molecule has 1 aliphatic rings. The SMILES string of the molecule is Nc1nc(-c2ccc(Cl)c(C(=O)Nc3cc(C(=O)NC4CC4)nn3-c3ccccc3)c2)ccc1F. The molecule has 2 heterocycles. The number of hydrogen-bond acceptors (Lipinski definition) is 5. The van der Waals surface area contributed by atoms with Crippen LogP contribution in [0.3, 0.4) is 0 Å². The lowest BCUT2D eigenvalue weighted by Gasteiger charge is -2.11. The summed E-state index contributed by atoms with van der Waals surface area (Å²) in [6.07, 6.45) is 1.89. The van der Waals surface area contributed by atoms with Gasteiger partial charge >= 0.3 is 0 Å². The average molecular weight is 491 g/mol. The maximum atomic E-state index is 13.5. The zero-order chi connectivity index (χ0) is 24.5. The first-order valence-electron chi connectivity index (χ1n) is 10.9. The quantitative estimate of drug-likeness (QED) is 0.369. The number of hydrogen-bond donors (Lipinski definition) is 3. The minimum Gasteiger partial charge on any atom is -0.381 e. The van der Waals surface area contributed by atoms with Gasteiger partial charge in [0.2, 0.25) is 0 Å². The summed E-state index contributed by atoms with van der Waals surface area (Å²) >= 11 is 6.33. The molecule has 0 spiro atoms. The number of para-hydroxylation sites is 1. The van der Waals surface area contributed by atoms with E-state index in [4.69, 9.17) is 17.3 Å². The van der Waals surface area contributed by atoms with Gasteiger partial charge in [-0.2, -0.15) is 5.10 Å². The smallest absolute Gasteiger partial charge is 0.272 e. The average Bonchev–Trinajstić information content (AvgIpc) is 3.57. The van der Waals surface area contributed by atoms with Gasteiger partial charge in [0.25, 0.3) is 11.8 Å². The van der Waals surface area contributed by atoms with E-state index in [1.807, 2.05) is 30.3 Å². The third kappa shape index (κ3) is 4.85. The highest BCUT2D eigenvalue weighted by Gasteiger charge is 2.26. The van der Waals surface area contributed by atoms with E-state index in [1.165, 1.54) is 22.9 Å². The molecule has 4 aromatic rings. The van der Waals surface area contributed by atoms with Gasteiger partial charge in [-0.15, -0.1) is 0 Å². The van der Waals surface area contributed by atoms with Crippen LogP contribution < -0.4 is 16.4 Å². The largest absolute Gasteiger partial charge is 0.381 e. The molecule has 1 fully saturated rings. The van der Waals surface area contributed by atoms with Crippen molar-refractivity contribution in [3.8, 4) is 16.9 Å². The Hall–Kier alpha value is -4.24. The first kappa shape index (κ1) is 22.5. The van der Waals surface area contributed by atoms with E-state index in [1.54, 1.807) is 18.2 Å². The second-order valence-corrected chi connectivity index (χ2v) is 8.53. The monoisotopic (exact) mass is 490 g/mol. The topological polar surface area (TPSA) is 115 Å². The lowest BCUT2D eigenvalue weighted by atomic mass is 10.1. The van der Waals surface area contributed by atoms with Crippen LogP contribution in [0.1, 0.15) is 33.7 Å². The van der Waals surface area contributed by atoms with Gasteiger partial charge in [-0.05, 0) is 49.2 Å². The van der Waals surface area contributed by atoms with Gasteiger partial charge in [-0.3, -0.25) is 9.59 Å². The Labute approximate surface area is 204 Å². The number of halogens is 2. The molecule has 10 heteroatoms. The summed E-state index contributed by atoms with van der Waals surface area (Å²) < 4.78 is 15.0. The van der Waals surface area contributed by atoms with E-state index in [2.05, 4.69) is 20.7 Å². The van der Waals surface area contributed by atoms with Crippen LogP contribution >= 0.6 is 11.6 Å². The van der Waals surface area contributed by atoms with Gasteiger partial charge in [-0.1, -0.05) is 35.9 Å². The minimum atomic E-state index is -0.628. The third-order valence-corrected chi connectivity index (χ3v) is 5.81. The summed E-state index contributed by atoms with van der Waals surface area (Å²) in [5, 5.41) is 10.3. The van der Waals surface area contributed by atoms with Gasteiger partial charge < -0.3 is 16.4 Å². The minimum absolute atomic E-state index is 0.165. The van der Waals surface area contributed by atoms with Crippen molar-refractivity contribution < 1.29 is 14.0 Å². The van der Waals surface area contributed by atoms with Gasteiger partial charge in [0.05, 0.1) is 22.0 Å². The number of nitrogen functional groups attached to an aromatic ring is 1. The zero-order valence-electron chi connectivity index (χ0n) is 18.3. The summed E-state index contributed by atoms with van der Waals surface area (Å²) in [7, 11) is 0. The van der Waals surface area contributed by atoms with Crippen LogP contribution in [0.5, 0.6) is 0 Å². The highest BCUT2D eigenvalue weighted by molar-refractivity contribution is 6.34. The second-order valence-electron chi connectivity index (χ2n) is 8.12. The fourth-order valence-corrected chi connectivity index (χ4v) is 3.70. The van der Waals surface area contributed by atoms with Crippen molar-refractivity contribution in [2.75, 3.05) is 11.1 Å². The predicted molar refractivity (Wildman–Crippen MR) is 131 cm³/mol. The molecule has 5 rings (SSSR count). The molecule has 4 N–H and O–H groups in total. The summed E-state index contributed by atoms with van der Waals surface area (Å²) in [6.45, 7) is 0. The molecule has 0 unspecified atom stereocenters. The molecular weight excluding hydrogens is 471 g/mol. The number of carbonyl (C=O) groups is 2. The number of amides is 2. The molecule has 2 amide bonds. The van der Waals surface area contributed by atoms with E-state index < -0.39 is 11.7 Å². The molecule has 1 saturated carbocycles. The third-order valence-electron chi connectivity index (χ3n) is 5.48. The molecule has 0 bridgehead atoms. The lowest BCUT2D eigenvalue weighted by molar-refractivity contribution is 0.0944. The number of nitrogens with zero attached hydrogens (tertiary/aromatic N) is 3. The van der Waals surface area contributed by atoms with Crippen LogP contribution in [0.25, 0.3) is 16.9 Å². The predicted octanol–water partition coefficient (Wildman–Crippen LogP) is 4.45. The molecule has 0 aliphatic heterocycles. The lowest BCUT2D eigenvalue weighted by Crippen LogP contribution is -2.25. The normalized spacial score (nSPS) is 12.9. The highest BCUT2D eigenvalue weighted by Crippen LogP contribution is 2.27. The Morgan fingerprint density at radius 3 is 2.51 bits per heavy atom. The summed E-state index contributed by atoms with van der Waals surface area (Å²) in [4.78, 5) is 29.9. The van der Waals surface area contributed by atoms with Crippen LogP contribution in [0, 0.1) is 5.82 Å². The van der Waals surface area contributed by atoms with Gasteiger partial charge in [0, 0.05) is 17.7 Å². The van der Waals surface area contributed by atoms with Crippen molar-refractivity contribution >= 4 is 35.1 Å². The molecule has 8 nitrogen and oxygen atoms in total. The molecule has 2 aromatic heterocycles. The van der Waals surface area contributed by atoms with Crippen molar-refractivity contribution in [1.29, 1.82) is 0 Å². The Balaban J connectivity index is 1.47. The number of nitrogens with one attached hydrogen (secondary N) is 2. The molecule has 0 saturated heterocycles. The molecule has 176 valence electrons. The van der Waals surface area contributed by atoms with Crippen molar-refractivity contribution in [3.63, 3.8) is 0 Å². The molecule has 35 heavy (non-hydrogen) atoms. The molecule has 0 radical (unpaired) electrons. The molecule has 0 atom stereocenters. The van der Waals surface area contributed by atoms with Crippen molar-refractivity contribution in [1.82, 2.24) is 20.1 Å². The van der Waals surface area contributed by atoms with E-state index >= 15 is 0 Å². The van der Waals surface area contributed by atoms with Gasteiger partial charge in [0.1, 0.15) is 5.82 Å². The first-order chi connectivity index (χ1) is 16.9. The van der Waals surface area contributed by atoms with Crippen LogP contribution in [-0.2, 0) is 0 Å². The van der Waals surface area contributed by atoms with Crippen LogP contribution in [-0.4, -0.2) is 32.6 Å². The van der Waals surface area contributed by atoms with Gasteiger partial charge in [0.15, 0.2) is 17.3 Å². The maximum absolute atomic E-state index is 13.5. The van der Waals surface area contributed by atoms with Crippen LogP contribution in [0.4, 0.5) is 16.0 Å². The maximum Gasteiger partial charge on any atom is 0.272 e. The van der Waals surface area contributed by atoms with E-state index in [0.29, 0.717) is 22.8 Å². The van der Waals surface area contributed by atoms with Crippen LogP contribution in [0.15, 0.2) is 66.7 Å². The molecule has 1 aliphatic carbocycles. The van der Waals surface area contributed by atoms with Gasteiger partial charge in [-0.25, -0.2) is 14.1 Å². The Morgan fingerprint density at radius 1 is 1.03 bits per heavy atom. The Kier molecular flexibility index (Phi) is 5.92. The fraction of sp³-hybridized carbons (Fsp3) is 0.120. The fourth-order valence-electron chi connectivity index (χ4n) is 3.50. The Morgan fingerprint density at radius 2 is 1.80 bits per heavy atom. The summed E-state index contributed by atoms with van der Waals surface area (Å²) in [5.41, 5.74) is 7.53. The van der Waals surface area contributed by atoms with E-state index in [-0.39, 0.29) is 34.0 Å². The summed E-state index contributed by atoms with van der Waals surface area (Å²) in [6, 6.07) is 18.2. The second kappa shape index (κ2) is 9.19. The van der Waals surface area contributed by atoms with E-state index in [0.717, 1.165) is 12.8 Å². The number of benzene rings is 2. The van der Waals surface area contributed by atoms with E-state index in [9.17, 15) is 14.0 Å². The number of carbonyl (C=O) groups excluding carboxylic acids is 2. The molecular formula is C25H20ClFN6O2. The van der Waals surface area contributed by atoms with Crippen molar-refractivity contribution in [3.05, 3.63) is 88.8 Å². The number of aromatic nitrogens is 3. The van der Waals surface area contributed by atoms with Crippen LogP contribution in [0.2, 0.25) is 5.02 Å². The number of nitrogens with two attached hydrogens (primary N) is 1. The molecule has 2 aromatic carbocycles. The number of pyridine rings is 1. The number of rotatable bonds is 6. The van der Waals surface area contributed by atoms with Crippen molar-refractivity contribution in [2.24, 2.45) is 0 Å².